The first-order valence-corrected chi connectivity index (χ1v) is 11.4. The second-order valence-corrected chi connectivity index (χ2v) is 11.2. The van der Waals surface area contributed by atoms with Crippen LogP contribution in [0.15, 0.2) is 11.6 Å². The minimum atomic E-state index is 0.519. The first-order valence-electron chi connectivity index (χ1n) is 11.4. The Morgan fingerprint density at radius 2 is 1.81 bits per heavy atom. The van der Waals surface area contributed by atoms with Crippen LogP contribution in [0.25, 0.3) is 0 Å². The molecular formula is C24H40N2. The summed E-state index contributed by atoms with van der Waals surface area (Å²) < 4.78 is 0. The molecule has 0 aromatic carbocycles. The zero-order valence-electron chi connectivity index (χ0n) is 17.8. The van der Waals surface area contributed by atoms with Crippen LogP contribution < -0.4 is 0 Å². The Hall–Kier alpha value is -0.340. The van der Waals surface area contributed by atoms with Gasteiger partial charge in [0, 0.05) is 18.6 Å². The van der Waals surface area contributed by atoms with E-state index in [-0.39, 0.29) is 0 Å². The highest BCUT2D eigenvalue weighted by atomic mass is 15.2. The zero-order valence-corrected chi connectivity index (χ0v) is 17.8. The van der Waals surface area contributed by atoms with Gasteiger partial charge in [-0.3, -0.25) is 0 Å². The van der Waals surface area contributed by atoms with Crippen molar-refractivity contribution in [2.45, 2.75) is 77.3 Å². The van der Waals surface area contributed by atoms with Crippen LogP contribution in [0.5, 0.6) is 0 Å². The van der Waals surface area contributed by atoms with Crippen LogP contribution in [0.1, 0.15) is 65.2 Å². The monoisotopic (exact) mass is 356 g/mol. The van der Waals surface area contributed by atoms with E-state index >= 15 is 0 Å². The Morgan fingerprint density at radius 3 is 2.58 bits per heavy atom. The molecule has 0 radical (unpaired) electrons. The van der Waals surface area contributed by atoms with Crippen LogP contribution >= 0.6 is 0 Å². The molecule has 1 heterocycles. The van der Waals surface area contributed by atoms with E-state index in [1.165, 1.54) is 57.9 Å². The average molecular weight is 357 g/mol. The predicted molar refractivity (Wildman–Crippen MR) is 109 cm³/mol. The van der Waals surface area contributed by atoms with Gasteiger partial charge < -0.3 is 9.80 Å². The van der Waals surface area contributed by atoms with E-state index in [9.17, 15) is 0 Å². The molecule has 1 saturated heterocycles. The van der Waals surface area contributed by atoms with E-state index in [0.717, 1.165) is 35.8 Å². The SMILES string of the molecule is C[C@@H]1[C@@H]2CC[C@H]3[C@H]4CC=C5C[C@@H](N(C)C)CC[C@]5(C)[C@@H]4CC[C@@]32CN1C. The van der Waals surface area contributed by atoms with Crippen molar-refractivity contribution in [3.05, 3.63) is 11.6 Å². The van der Waals surface area contributed by atoms with Crippen molar-refractivity contribution < 1.29 is 0 Å². The van der Waals surface area contributed by atoms with Crippen molar-refractivity contribution in [2.24, 2.45) is 34.5 Å². The van der Waals surface area contributed by atoms with Crippen molar-refractivity contribution in [2.75, 3.05) is 27.7 Å². The summed E-state index contributed by atoms with van der Waals surface area (Å²) in [7, 11) is 6.95. The first-order chi connectivity index (χ1) is 12.4. The molecule has 4 aliphatic carbocycles. The molecule has 0 aromatic heterocycles. The lowest BCUT2D eigenvalue weighted by molar-refractivity contribution is -0.0430. The molecule has 4 fully saturated rings. The fourth-order valence-corrected chi connectivity index (χ4v) is 8.88. The molecule has 5 aliphatic rings. The first kappa shape index (κ1) is 17.7. The Balaban J connectivity index is 1.45. The van der Waals surface area contributed by atoms with E-state index in [1.54, 1.807) is 0 Å². The summed E-state index contributed by atoms with van der Waals surface area (Å²) in [5.74, 6) is 3.96. The van der Waals surface area contributed by atoms with E-state index in [0.29, 0.717) is 10.8 Å². The van der Waals surface area contributed by atoms with Crippen LogP contribution in [0.2, 0.25) is 0 Å². The number of rotatable bonds is 1. The van der Waals surface area contributed by atoms with Gasteiger partial charge in [-0.1, -0.05) is 18.6 Å². The molecule has 26 heavy (non-hydrogen) atoms. The van der Waals surface area contributed by atoms with E-state index in [2.05, 4.69) is 50.9 Å². The highest BCUT2D eigenvalue weighted by Crippen LogP contribution is 2.68. The van der Waals surface area contributed by atoms with Gasteiger partial charge in [-0.15, -0.1) is 0 Å². The lowest BCUT2D eigenvalue weighted by atomic mass is 9.47. The van der Waals surface area contributed by atoms with E-state index < -0.39 is 0 Å². The molecule has 0 N–H and O–H groups in total. The van der Waals surface area contributed by atoms with E-state index in [1.807, 2.05) is 5.57 Å². The summed E-state index contributed by atoms with van der Waals surface area (Å²) in [6.45, 7) is 6.56. The van der Waals surface area contributed by atoms with Gasteiger partial charge >= 0.3 is 0 Å². The molecule has 8 atom stereocenters. The number of likely N-dealkylation sites (tertiary alicyclic amines) is 1. The molecule has 2 nitrogen and oxygen atoms in total. The standard InChI is InChI=1S/C24H40N2/c1-16-20-8-9-22-19-7-6-17-14-18(25(3)4)10-12-23(17,2)21(19)11-13-24(20,22)15-26(16)5/h6,16,18-22H,7-15H2,1-5H3/t16-,18+,19+,20+,21-,22+,23+,24+/m1/s1. The maximum Gasteiger partial charge on any atom is 0.0127 e. The Kier molecular flexibility index (Phi) is 3.98. The third-order valence-corrected chi connectivity index (χ3v) is 10.4. The van der Waals surface area contributed by atoms with Gasteiger partial charge in [-0.2, -0.15) is 0 Å². The molecule has 5 rings (SSSR count). The lowest BCUT2D eigenvalue weighted by Gasteiger charge is -2.58. The minimum absolute atomic E-state index is 0.519. The second kappa shape index (κ2) is 5.83. The smallest absolute Gasteiger partial charge is 0.0127 e. The van der Waals surface area contributed by atoms with Crippen LogP contribution in [0, 0.1) is 34.5 Å². The van der Waals surface area contributed by atoms with Gasteiger partial charge in [-0.05, 0) is 114 Å². The number of fused-ring (bicyclic) bond motifs is 4. The van der Waals surface area contributed by atoms with Crippen molar-refractivity contribution in [3.63, 3.8) is 0 Å². The molecule has 0 bridgehead atoms. The maximum atomic E-state index is 2.74. The molecule has 0 aromatic rings. The van der Waals surface area contributed by atoms with Gasteiger partial charge in [0.15, 0.2) is 0 Å². The lowest BCUT2D eigenvalue weighted by Crippen LogP contribution is -2.52. The third kappa shape index (κ3) is 2.18. The second-order valence-electron chi connectivity index (χ2n) is 11.2. The maximum absolute atomic E-state index is 2.74. The molecular weight excluding hydrogens is 316 g/mol. The number of hydrogen-bond donors (Lipinski definition) is 0. The number of allylic oxidation sites excluding steroid dienone is 1. The van der Waals surface area contributed by atoms with Crippen molar-refractivity contribution in [1.29, 1.82) is 0 Å². The number of hydrogen-bond acceptors (Lipinski definition) is 2. The summed E-state index contributed by atoms with van der Waals surface area (Å²) in [6, 6.07) is 1.60. The van der Waals surface area contributed by atoms with Gasteiger partial charge in [0.25, 0.3) is 0 Å². The Bertz CT molecular complexity index is 609. The van der Waals surface area contributed by atoms with Gasteiger partial charge in [0.2, 0.25) is 0 Å². The summed E-state index contributed by atoms with van der Waals surface area (Å²) in [6.07, 6.45) is 14.4. The van der Waals surface area contributed by atoms with Crippen molar-refractivity contribution >= 4 is 0 Å². The molecule has 2 heteroatoms. The molecule has 1 aliphatic heterocycles. The van der Waals surface area contributed by atoms with Crippen LogP contribution in [-0.2, 0) is 0 Å². The molecule has 0 unspecified atom stereocenters. The summed E-state index contributed by atoms with van der Waals surface area (Å²) in [4.78, 5) is 5.17. The highest BCUT2D eigenvalue weighted by Gasteiger charge is 2.63. The summed E-state index contributed by atoms with van der Waals surface area (Å²) >= 11 is 0. The van der Waals surface area contributed by atoms with Gasteiger partial charge in [0.05, 0.1) is 0 Å². The third-order valence-electron chi connectivity index (χ3n) is 10.4. The summed E-state index contributed by atoms with van der Waals surface area (Å²) in [5, 5.41) is 0. The predicted octanol–water partition coefficient (Wildman–Crippen LogP) is 4.81. The Morgan fingerprint density at radius 1 is 1.04 bits per heavy atom. The largest absolute Gasteiger partial charge is 0.306 e. The average Bonchev–Trinajstić information content (AvgIpc) is 3.08. The van der Waals surface area contributed by atoms with Crippen LogP contribution in [0.3, 0.4) is 0 Å². The van der Waals surface area contributed by atoms with Crippen LogP contribution in [-0.4, -0.2) is 49.6 Å². The Labute approximate surface area is 161 Å². The molecule has 3 saturated carbocycles. The van der Waals surface area contributed by atoms with Crippen molar-refractivity contribution in [3.8, 4) is 0 Å². The normalized spacial score (nSPS) is 53.7. The van der Waals surface area contributed by atoms with Gasteiger partial charge in [0.1, 0.15) is 0 Å². The fraction of sp³-hybridized carbons (Fsp3) is 0.917. The molecule has 1 spiro atoms. The highest BCUT2D eigenvalue weighted by molar-refractivity contribution is 5.26. The zero-order chi connectivity index (χ0) is 18.3. The van der Waals surface area contributed by atoms with Crippen LogP contribution in [0.4, 0.5) is 0 Å². The number of nitrogens with zero attached hydrogens (tertiary/aromatic N) is 2. The topological polar surface area (TPSA) is 6.48 Å². The molecule has 0 amide bonds. The van der Waals surface area contributed by atoms with E-state index in [4.69, 9.17) is 0 Å². The molecule has 146 valence electrons. The summed E-state index contributed by atoms with van der Waals surface area (Å²) in [5.41, 5.74) is 3.04. The quantitative estimate of drug-likeness (QED) is 0.622. The minimum Gasteiger partial charge on any atom is -0.306 e. The van der Waals surface area contributed by atoms with Crippen molar-refractivity contribution in [1.82, 2.24) is 9.80 Å². The van der Waals surface area contributed by atoms with Gasteiger partial charge in [-0.25, -0.2) is 0 Å². The fourth-order valence-electron chi connectivity index (χ4n) is 8.88.